The maximum atomic E-state index is 13.3. The lowest BCUT2D eigenvalue weighted by Gasteiger charge is -2.27. The lowest BCUT2D eigenvalue weighted by molar-refractivity contribution is 0.0136. The Balaban J connectivity index is 2.00. The molecule has 18 heavy (non-hydrogen) atoms. The molecule has 2 atom stereocenters. The van der Waals surface area contributed by atoms with E-state index in [9.17, 15) is 9.18 Å². The van der Waals surface area contributed by atoms with Gasteiger partial charge in [-0.25, -0.2) is 4.39 Å². The Labute approximate surface area is 105 Å². The van der Waals surface area contributed by atoms with Crippen LogP contribution < -0.4 is 11.1 Å². The van der Waals surface area contributed by atoms with E-state index in [0.29, 0.717) is 12.2 Å². The van der Waals surface area contributed by atoms with Gasteiger partial charge in [0.25, 0.3) is 5.91 Å². The third kappa shape index (κ3) is 2.98. The molecule has 1 aliphatic rings. The van der Waals surface area contributed by atoms with Crippen LogP contribution in [0.5, 0.6) is 0 Å². The van der Waals surface area contributed by atoms with E-state index in [0.717, 1.165) is 18.9 Å². The zero-order valence-corrected chi connectivity index (χ0v) is 10.3. The number of carbonyl (C=O) groups is 1. The third-order valence-electron chi connectivity index (χ3n) is 3.08. The summed E-state index contributed by atoms with van der Waals surface area (Å²) in [6.07, 6.45) is 1.71. The second kappa shape index (κ2) is 5.35. The Morgan fingerprint density at radius 2 is 2.33 bits per heavy atom. The summed E-state index contributed by atoms with van der Waals surface area (Å²) in [6.45, 7) is 2.61. The average molecular weight is 252 g/mol. The van der Waals surface area contributed by atoms with Crippen LogP contribution in [0.3, 0.4) is 0 Å². The summed E-state index contributed by atoms with van der Waals surface area (Å²) in [6, 6.07) is 4.17. The molecule has 1 saturated heterocycles. The van der Waals surface area contributed by atoms with Crippen molar-refractivity contribution in [1.29, 1.82) is 0 Å². The summed E-state index contributed by atoms with van der Waals surface area (Å²) in [5.41, 5.74) is 5.71. The molecule has 0 bridgehead atoms. The first-order valence-electron chi connectivity index (χ1n) is 6.03. The van der Waals surface area contributed by atoms with Gasteiger partial charge in [0.15, 0.2) is 0 Å². The first-order chi connectivity index (χ1) is 8.56. The first-order valence-corrected chi connectivity index (χ1v) is 6.03. The van der Waals surface area contributed by atoms with Crippen molar-refractivity contribution in [3.8, 4) is 0 Å². The van der Waals surface area contributed by atoms with Crippen LogP contribution in [0.2, 0.25) is 0 Å². The van der Waals surface area contributed by atoms with Crippen molar-refractivity contribution in [2.45, 2.75) is 31.9 Å². The Morgan fingerprint density at radius 3 is 3.00 bits per heavy atom. The Morgan fingerprint density at radius 1 is 1.56 bits per heavy atom. The zero-order chi connectivity index (χ0) is 13.1. The average Bonchev–Trinajstić information content (AvgIpc) is 2.32. The van der Waals surface area contributed by atoms with Gasteiger partial charge in [-0.3, -0.25) is 4.79 Å². The number of hydrogen-bond acceptors (Lipinski definition) is 3. The molecule has 0 aliphatic carbocycles. The van der Waals surface area contributed by atoms with Gasteiger partial charge >= 0.3 is 0 Å². The van der Waals surface area contributed by atoms with Crippen molar-refractivity contribution in [3.63, 3.8) is 0 Å². The summed E-state index contributed by atoms with van der Waals surface area (Å²) >= 11 is 0. The van der Waals surface area contributed by atoms with Crippen LogP contribution in [0.1, 0.15) is 30.1 Å². The van der Waals surface area contributed by atoms with E-state index in [1.165, 1.54) is 12.1 Å². The fourth-order valence-electron chi connectivity index (χ4n) is 2.07. The molecule has 4 nitrogen and oxygen atoms in total. The largest absolute Gasteiger partial charge is 0.396 e. The highest BCUT2D eigenvalue weighted by molar-refractivity contribution is 5.94. The van der Waals surface area contributed by atoms with Gasteiger partial charge in [0.05, 0.1) is 11.8 Å². The standard InChI is InChI=1S/C13H17FN2O2/c1-8-6-10(4-5-18-8)16-13(17)9-2-3-12(15)11(14)7-9/h2-3,7-8,10H,4-6,15H2,1H3,(H,16,17). The third-order valence-corrected chi connectivity index (χ3v) is 3.08. The number of ether oxygens (including phenoxy) is 1. The lowest BCUT2D eigenvalue weighted by atomic mass is 10.0. The van der Waals surface area contributed by atoms with E-state index < -0.39 is 5.82 Å². The molecule has 1 aliphatic heterocycles. The highest BCUT2D eigenvalue weighted by atomic mass is 19.1. The van der Waals surface area contributed by atoms with Crippen LogP contribution in [0.25, 0.3) is 0 Å². The highest BCUT2D eigenvalue weighted by Gasteiger charge is 2.21. The van der Waals surface area contributed by atoms with E-state index in [1.54, 1.807) is 0 Å². The maximum absolute atomic E-state index is 13.3. The molecule has 0 radical (unpaired) electrons. The molecule has 2 rings (SSSR count). The molecule has 2 unspecified atom stereocenters. The summed E-state index contributed by atoms with van der Waals surface area (Å²) in [4.78, 5) is 11.9. The number of amides is 1. The number of carbonyl (C=O) groups excluding carboxylic acids is 1. The normalized spacial score (nSPS) is 23.7. The molecule has 1 aromatic carbocycles. The van der Waals surface area contributed by atoms with Crippen molar-refractivity contribution >= 4 is 11.6 Å². The van der Waals surface area contributed by atoms with Gasteiger partial charge in [-0.15, -0.1) is 0 Å². The molecule has 3 N–H and O–H groups in total. The predicted molar refractivity (Wildman–Crippen MR) is 66.7 cm³/mol. The molecule has 0 saturated carbocycles. The smallest absolute Gasteiger partial charge is 0.251 e. The van der Waals surface area contributed by atoms with E-state index in [4.69, 9.17) is 10.5 Å². The van der Waals surface area contributed by atoms with Gasteiger partial charge < -0.3 is 15.8 Å². The summed E-state index contributed by atoms with van der Waals surface area (Å²) < 4.78 is 18.7. The van der Waals surface area contributed by atoms with E-state index in [2.05, 4.69) is 5.32 Å². The summed E-state index contributed by atoms with van der Waals surface area (Å²) in [7, 11) is 0. The van der Waals surface area contributed by atoms with Gasteiger partial charge in [-0.2, -0.15) is 0 Å². The number of halogens is 1. The van der Waals surface area contributed by atoms with Gasteiger partial charge in [0.1, 0.15) is 5.82 Å². The molecule has 98 valence electrons. The van der Waals surface area contributed by atoms with Crippen LogP contribution in [-0.4, -0.2) is 24.7 Å². The van der Waals surface area contributed by atoms with Gasteiger partial charge in [-0.1, -0.05) is 0 Å². The van der Waals surface area contributed by atoms with Crippen LogP contribution in [0, 0.1) is 5.82 Å². The molecule has 5 heteroatoms. The minimum Gasteiger partial charge on any atom is -0.396 e. The van der Waals surface area contributed by atoms with Gasteiger partial charge in [-0.05, 0) is 38.0 Å². The quantitative estimate of drug-likeness (QED) is 0.787. The van der Waals surface area contributed by atoms with E-state index >= 15 is 0 Å². The Hall–Kier alpha value is -1.62. The topological polar surface area (TPSA) is 64.4 Å². The number of hydrogen-bond donors (Lipinski definition) is 2. The van der Waals surface area contributed by atoms with Crippen molar-refractivity contribution in [3.05, 3.63) is 29.6 Å². The van der Waals surface area contributed by atoms with Crippen LogP contribution in [-0.2, 0) is 4.74 Å². The monoisotopic (exact) mass is 252 g/mol. The number of nitrogen functional groups attached to an aromatic ring is 1. The van der Waals surface area contributed by atoms with Crippen molar-refractivity contribution < 1.29 is 13.9 Å². The van der Waals surface area contributed by atoms with Crippen LogP contribution >= 0.6 is 0 Å². The fourth-order valence-corrected chi connectivity index (χ4v) is 2.07. The molecule has 1 aromatic rings. The minimum absolute atomic E-state index is 0.0474. The SMILES string of the molecule is CC1CC(NC(=O)c2ccc(N)c(F)c2)CCO1. The molecule has 1 fully saturated rings. The van der Waals surface area contributed by atoms with Crippen LogP contribution in [0.15, 0.2) is 18.2 Å². The molecule has 1 amide bonds. The van der Waals surface area contributed by atoms with Gasteiger partial charge in [0.2, 0.25) is 0 Å². The predicted octanol–water partition coefficient (Wildman–Crippen LogP) is 1.71. The van der Waals surface area contributed by atoms with Crippen molar-refractivity contribution in [1.82, 2.24) is 5.32 Å². The summed E-state index contributed by atoms with van der Waals surface area (Å²) in [5.74, 6) is -0.837. The molecular weight excluding hydrogens is 235 g/mol. The Bertz CT molecular complexity index is 451. The second-order valence-corrected chi connectivity index (χ2v) is 4.61. The number of nitrogens with one attached hydrogen (secondary N) is 1. The molecule has 0 aromatic heterocycles. The van der Waals surface area contributed by atoms with E-state index in [1.807, 2.05) is 6.92 Å². The molecule has 0 spiro atoms. The van der Waals surface area contributed by atoms with Crippen molar-refractivity contribution in [2.75, 3.05) is 12.3 Å². The van der Waals surface area contributed by atoms with Crippen LogP contribution in [0.4, 0.5) is 10.1 Å². The first kappa shape index (κ1) is 12.8. The number of anilines is 1. The minimum atomic E-state index is -0.567. The molecular formula is C13H17FN2O2. The highest BCUT2D eigenvalue weighted by Crippen LogP contribution is 2.15. The fraction of sp³-hybridized carbons (Fsp3) is 0.462. The zero-order valence-electron chi connectivity index (χ0n) is 10.3. The number of rotatable bonds is 2. The lowest BCUT2D eigenvalue weighted by Crippen LogP contribution is -2.41. The van der Waals surface area contributed by atoms with Gasteiger partial charge in [0, 0.05) is 18.2 Å². The maximum Gasteiger partial charge on any atom is 0.251 e. The summed E-state index contributed by atoms with van der Waals surface area (Å²) in [5, 5.41) is 2.89. The number of nitrogens with two attached hydrogens (primary N) is 1. The Kier molecular flexibility index (Phi) is 3.81. The van der Waals surface area contributed by atoms with Crippen molar-refractivity contribution in [2.24, 2.45) is 0 Å². The van der Waals surface area contributed by atoms with E-state index in [-0.39, 0.29) is 23.7 Å². The number of benzene rings is 1. The second-order valence-electron chi connectivity index (χ2n) is 4.61. The molecule has 1 heterocycles.